The average molecular weight is 421 g/mol. The molecule has 0 saturated carbocycles. The van der Waals surface area contributed by atoms with Crippen LogP contribution in [-0.4, -0.2) is 34.2 Å². The lowest BCUT2D eigenvalue weighted by Crippen LogP contribution is -2.42. The van der Waals surface area contributed by atoms with Gasteiger partial charge < -0.3 is 10.6 Å². The zero-order valence-corrected chi connectivity index (χ0v) is 15.7. The van der Waals surface area contributed by atoms with Crippen molar-refractivity contribution in [3.63, 3.8) is 0 Å². The van der Waals surface area contributed by atoms with Gasteiger partial charge in [0.2, 0.25) is 5.91 Å². The maximum Gasteiger partial charge on any atom is 0.325 e. The average Bonchev–Trinajstić information content (AvgIpc) is 2.85. The lowest BCUT2D eigenvalue weighted by Gasteiger charge is -2.23. The van der Waals surface area contributed by atoms with Gasteiger partial charge >= 0.3 is 6.03 Å². The second-order valence-corrected chi connectivity index (χ2v) is 6.83. The monoisotopic (exact) mass is 420 g/mol. The number of nitrogens with zero attached hydrogens (tertiary/aromatic N) is 2. The number of anilines is 1. The highest BCUT2D eigenvalue weighted by molar-refractivity contribution is 6.32. The van der Waals surface area contributed by atoms with E-state index in [1.807, 2.05) is 0 Å². The minimum atomic E-state index is -1.56. The molecule has 1 fully saturated rings. The maximum absolute atomic E-state index is 13.3. The highest BCUT2D eigenvalue weighted by atomic mass is 35.5. The smallest absolute Gasteiger partial charge is 0.325 e. The van der Waals surface area contributed by atoms with Crippen molar-refractivity contribution >= 4 is 40.8 Å². The Morgan fingerprint density at radius 1 is 1.28 bits per heavy atom. The topological polar surface area (TPSA) is 122 Å². The maximum atomic E-state index is 13.3. The van der Waals surface area contributed by atoms with Crippen molar-refractivity contribution in [2.75, 3.05) is 11.9 Å². The molecule has 150 valence electrons. The second kappa shape index (κ2) is 7.47. The van der Waals surface area contributed by atoms with Crippen LogP contribution in [0, 0.1) is 15.9 Å². The molecule has 1 saturated heterocycles. The number of imide groups is 1. The lowest BCUT2D eigenvalue weighted by molar-refractivity contribution is -0.384. The summed E-state index contributed by atoms with van der Waals surface area (Å²) >= 11 is 6.02. The first-order chi connectivity index (χ1) is 13.6. The van der Waals surface area contributed by atoms with Gasteiger partial charge in [0.05, 0.1) is 4.92 Å². The van der Waals surface area contributed by atoms with Crippen molar-refractivity contribution in [3.05, 3.63) is 69.0 Å². The molecule has 1 heterocycles. The molecule has 4 amide bonds. The number of nitro groups is 1. The number of benzene rings is 2. The number of amides is 4. The Morgan fingerprint density at radius 3 is 2.52 bits per heavy atom. The number of carbonyl (C=O) groups excluding carboxylic acids is 3. The molecule has 0 bridgehead atoms. The summed E-state index contributed by atoms with van der Waals surface area (Å²) in [6, 6.07) is 7.66. The van der Waals surface area contributed by atoms with Crippen LogP contribution in [0.5, 0.6) is 0 Å². The Hall–Kier alpha value is -3.53. The molecule has 2 aromatic carbocycles. The Bertz CT molecular complexity index is 1030. The SMILES string of the molecule is CC1(c2ccc(F)cc2Cl)NC(=O)N(CC(=O)Nc2ccc([N+](=O)[O-])cc2)C1=O. The lowest BCUT2D eigenvalue weighted by atomic mass is 9.92. The fraction of sp³-hybridized carbons (Fsp3) is 0.167. The number of hydrogen-bond acceptors (Lipinski definition) is 5. The molecule has 1 aliphatic heterocycles. The Kier molecular flexibility index (Phi) is 5.21. The molecule has 2 N–H and O–H groups in total. The van der Waals surface area contributed by atoms with E-state index < -0.39 is 40.7 Å². The van der Waals surface area contributed by atoms with Gasteiger partial charge in [0.15, 0.2) is 0 Å². The quantitative estimate of drug-likeness (QED) is 0.437. The zero-order chi connectivity index (χ0) is 21.3. The molecule has 0 radical (unpaired) electrons. The van der Waals surface area contributed by atoms with Crippen LogP contribution >= 0.6 is 11.6 Å². The van der Waals surface area contributed by atoms with Gasteiger partial charge in [-0.15, -0.1) is 0 Å². The van der Waals surface area contributed by atoms with E-state index in [9.17, 15) is 28.9 Å². The van der Waals surface area contributed by atoms with E-state index in [-0.39, 0.29) is 22.0 Å². The molecule has 2 aromatic rings. The number of non-ortho nitro benzene ring substituents is 1. The fourth-order valence-electron chi connectivity index (χ4n) is 2.93. The third kappa shape index (κ3) is 3.87. The summed E-state index contributed by atoms with van der Waals surface area (Å²) < 4.78 is 13.3. The molecule has 0 spiro atoms. The minimum absolute atomic E-state index is 0.0432. The summed E-state index contributed by atoms with van der Waals surface area (Å²) in [5.74, 6) is -2.01. The van der Waals surface area contributed by atoms with Gasteiger partial charge in [0.1, 0.15) is 17.9 Å². The number of nitrogens with one attached hydrogen (secondary N) is 2. The van der Waals surface area contributed by atoms with Gasteiger partial charge in [-0.1, -0.05) is 17.7 Å². The van der Waals surface area contributed by atoms with Crippen LogP contribution in [0.4, 0.5) is 20.6 Å². The summed E-state index contributed by atoms with van der Waals surface area (Å²) in [5.41, 5.74) is -1.26. The van der Waals surface area contributed by atoms with Gasteiger partial charge in [-0.25, -0.2) is 9.18 Å². The summed E-state index contributed by atoms with van der Waals surface area (Å²) in [6.45, 7) is 0.816. The van der Waals surface area contributed by atoms with Crippen molar-refractivity contribution in [3.8, 4) is 0 Å². The highest BCUT2D eigenvalue weighted by Crippen LogP contribution is 2.33. The molecule has 3 rings (SSSR count). The predicted molar refractivity (Wildman–Crippen MR) is 101 cm³/mol. The number of urea groups is 1. The van der Waals surface area contributed by atoms with Crippen LogP contribution in [0.15, 0.2) is 42.5 Å². The first-order valence-electron chi connectivity index (χ1n) is 8.26. The van der Waals surface area contributed by atoms with Crippen molar-refractivity contribution in [1.82, 2.24) is 10.2 Å². The van der Waals surface area contributed by atoms with Crippen molar-refractivity contribution in [1.29, 1.82) is 0 Å². The molecule has 9 nitrogen and oxygen atoms in total. The van der Waals surface area contributed by atoms with Crippen molar-refractivity contribution < 1.29 is 23.7 Å². The van der Waals surface area contributed by atoms with Crippen LogP contribution in [0.25, 0.3) is 0 Å². The van der Waals surface area contributed by atoms with Gasteiger partial charge in [-0.3, -0.25) is 24.6 Å². The summed E-state index contributed by atoms with van der Waals surface area (Å²) in [5, 5.41) is 15.5. The first kappa shape index (κ1) is 20.2. The number of nitro benzene ring substituents is 1. The molecule has 1 unspecified atom stereocenters. The Labute approximate surface area is 168 Å². The largest absolute Gasteiger partial charge is 0.325 e. The Balaban J connectivity index is 1.74. The highest BCUT2D eigenvalue weighted by Gasteiger charge is 2.50. The standard InChI is InChI=1S/C18H14ClFN4O5/c1-18(13-7-2-10(20)8-14(13)19)16(26)23(17(27)22-18)9-15(25)21-11-3-5-12(6-4-11)24(28)29/h2-8H,9H2,1H3,(H,21,25)(H,22,27). The number of hydrogen-bond donors (Lipinski definition) is 2. The predicted octanol–water partition coefficient (Wildman–Crippen LogP) is 2.79. The number of carbonyl (C=O) groups is 3. The summed E-state index contributed by atoms with van der Waals surface area (Å²) in [6.07, 6.45) is 0. The second-order valence-electron chi connectivity index (χ2n) is 6.42. The van der Waals surface area contributed by atoms with Gasteiger partial charge in [0, 0.05) is 28.4 Å². The van der Waals surface area contributed by atoms with Crippen LogP contribution in [0.2, 0.25) is 5.02 Å². The van der Waals surface area contributed by atoms with Crippen LogP contribution in [-0.2, 0) is 15.1 Å². The third-order valence-corrected chi connectivity index (χ3v) is 4.72. The van der Waals surface area contributed by atoms with E-state index in [0.717, 1.165) is 12.1 Å². The van der Waals surface area contributed by atoms with E-state index >= 15 is 0 Å². The van der Waals surface area contributed by atoms with Gasteiger partial charge in [-0.2, -0.15) is 0 Å². The first-order valence-corrected chi connectivity index (χ1v) is 8.63. The minimum Gasteiger partial charge on any atom is -0.325 e. The van der Waals surface area contributed by atoms with Crippen LogP contribution in [0.3, 0.4) is 0 Å². The molecule has 0 aliphatic carbocycles. The number of rotatable bonds is 5. The number of halogens is 2. The zero-order valence-electron chi connectivity index (χ0n) is 14.9. The van der Waals surface area contributed by atoms with E-state index in [2.05, 4.69) is 10.6 Å². The van der Waals surface area contributed by atoms with Crippen LogP contribution < -0.4 is 10.6 Å². The molecule has 0 aromatic heterocycles. The van der Waals surface area contributed by atoms with E-state index in [4.69, 9.17) is 11.6 Å². The van der Waals surface area contributed by atoms with Crippen molar-refractivity contribution in [2.45, 2.75) is 12.5 Å². The van der Waals surface area contributed by atoms with Crippen molar-refractivity contribution in [2.24, 2.45) is 0 Å². The summed E-state index contributed by atoms with van der Waals surface area (Å²) in [4.78, 5) is 48.1. The Morgan fingerprint density at radius 2 is 1.93 bits per heavy atom. The van der Waals surface area contributed by atoms with E-state index in [1.54, 1.807) is 0 Å². The molecular weight excluding hydrogens is 407 g/mol. The molecule has 11 heteroatoms. The third-order valence-electron chi connectivity index (χ3n) is 4.41. The fourth-order valence-corrected chi connectivity index (χ4v) is 3.28. The normalized spacial score (nSPS) is 18.5. The van der Waals surface area contributed by atoms with E-state index in [1.165, 1.54) is 37.3 Å². The molecular formula is C18H14ClFN4O5. The van der Waals surface area contributed by atoms with Crippen LogP contribution in [0.1, 0.15) is 12.5 Å². The van der Waals surface area contributed by atoms with E-state index in [0.29, 0.717) is 4.90 Å². The van der Waals surface area contributed by atoms with Gasteiger partial charge in [-0.05, 0) is 31.2 Å². The van der Waals surface area contributed by atoms with Gasteiger partial charge in [0.25, 0.3) is 11.6 Å². The molecule has 29 heavy (non-hydrogen) atoms. The molecule has 1 atom stereocenters. The summed E-state index contributed by atoms with van der Waals surface area (Å²) in [7, 11) is 0. The molecule has 1 aliphatic rings.